The first-order valence-electron chi connectivity index (χ1n) is 6.73. The van der Waals surface area contributed by atoms with Crippen LogP contribution in [0.25, 0.3) is 0 Å². The Labute approximate surface area is 113 Å². The third-order valence-corrected chi connectivity index (χ3v) is 3.66. The lowest BCUT2D eigenvalue weighted by atomic mass is 10.0. The zero-order valence-electron chi connectivity index (χ0n) is 11.2. The second-order valence-corrected chi connectivity index (χ2v) is 4.93. The topological polar surface area (TPSA) is 64.4 Å². The zero-order valence-corrected chi connectivity index (χ0v) is 11.2. The van der Waals surface area contributed by atoms with E-state index in [-0.39, 0.29) is 17.5 Å². The van der Waals surface area contributed by atoms with Crippen LogP contribution < -0.4 is 5.32 Å². The number of benzene rings is 1. The first-order valence-corrected chi connectivity index (χ1v) is 6.73. The predicted molar refractivity (Wildman–Crippen MR) is 72.4 cm³/mol. The summed E-state index contributed by atoms with van der Waals surface area (Å²) in [5, 5.41) is 13.9. The average molecular weight is 264 g/mol. The Balaban J connectivity index is 1.95. The fraction of sp³-hybridized carbons (Fsp3) is 0.571. The van der Waals surface area contributed by atoms with Crippen molar-refractivity contribution in [1.82, 2.24) is 5.32 Å². The first-order chi connectivity index (χ1) is 9.15. The summed E-state index contributed by atoms with van der Waals surface area (Å²) < 4.78 is 5.90. The largest absolute Gasteiger partial charge is 0.359 e. The molecule has 5 heteroatoms. The first kappa shape index (κ1) is 14.0. The van der Waals surface area contributed by atoms with Gasteiger partial charge in [0.15, 0.2) is 0 Å². The van der Waals surface area contributed by atoms with E-state index in [9.17, 15) is 10.1 Å². The van der Waals surface area contributed by atoms with Gasteiger partial charge < -0.3 is 4.74 Å². The van der Waals surface area contributed by atoms with Gasteiger partial charge in [0.25, 0.3) is 0 Å². The van der Waals surface area contributed by atoms with Crippen LogP contribution in [0.1, 0.15) is 37.8 Å². The fourth-order valence-electron chi connectivity index (χ4n) is 2.53. The van der Waals surface area contributed by atoms with Crippen LogP contribution in [0.15, 0.2) is 30.3 Å². The summed E-state index contributed by atoms with van der Waals surface area (Å²) in [6.07, 6.45) is 2.03. The van der Waals surface area contributed by atoms with E-state index in [1.165, 1.54) is 5.56 Å². The van der Waals surface area contributed by atoms with Crippen LogP contribution in [0.3, 0.4) is 0 Å². The van der Waals surface area contributed by atoms with Crippen LogP contribution in [0.2, 0.25) is 0 Å². The zero-order chi connectivity index (χ0) is 13.7. The van der Waals surface area contributed by atoms with Gasteiger partial charge in [-0.3, -0.25) is 15.4 Å². The Morgan fingerprint density at radius 2 is 2.21 bits per heavy atom. The molecule has 0 amide bonds. The molecule has 0 radical (unpaired) electrons. The van der Waals surface area contributed by atoms with Crippen LogP contribution >= 0.6 is 0 Å². The Morgan fingerprint density at radius 1 is 1.47 bits per heavy atom. The Bertz CT molecular complexity index is 424. The minimum absolute atomic E-state index is 0.00277. The van der Waals surface area contributed by atoms with E-state index in [1.807, 2.05) is 25.1 Å². The molecule has 2 rings (SSSR count). The highest BCUT2D eigenvalue weighted by molar-refractivity contribution is 5.20. The molecule has 1 aromatic carbocycles. The number of nitro groups is 1. The van der Waals surface area contributed by atoms with Crippen molar-refractivity contribution in [3.63, 3.8) is 0 Å². The lowest BCUT2D eigenvalue weighted by molar-refractivity contribution is -0.481. The van der Waals surface area contributed by atoms with Crippen LogP contribution in [0.4, 0.5) is 0 Å². The molecule has 5 nitrogen and oxygen atoms in total. The number of ether oxygens (including phenoxy) is 1. The number of hydrogen-bond acceptors (Lipinski definition) is 4. The van der Waals surface area contributed by atoms with Crippen molar-refractivity contribution < 1.29 is 9.66 Å². The molecule has 104 valence electrons. The molecule has 1 saturated heterocycles. The van der Waals surface area contributed by atoms with E-state index in [0.717, 1.165) is 6.42 Å². The second kappa shape index (κ2) is 6.12. The molecule has 1 fully saturated rings. The molecule has 1 aliphatic rings. The maximum Gasteiger partial charge on any atom is 0.204 e. The molecule has 0 aromatic heterocycles. The van der Waals surface area contributed by atoms with E-state index in [4.69, 9.17) is 4.74 Å². The number of hydrogen-bond donors (Lipinski definition) is 1. The number of nitrogens with one attached hydrogen (secondary N) is 1. The quantitative estimate of drug-likeness (QED) is 0.633. The molecule has 0 saturated carbocycles. The molecule has 2 unspecified atom stereocenters. The minimum atomic E-state index is -0.406. The highest BCUT2D eigenvalue weighted by atomic mass is 16.6. The Kier molecular flexibility index (Phi) is 4.50. The van der Waals surface area contributed by atoms with E-state index in [2.05, 4.69) is 17.4 Å². The van der Waals surface area contributed by atoms with Crippen molar-refractivity contribution >= 4 is 0 Å². The second-order valence-electron chi connectivity index (χ2n) is 4.93. The van der Waals surface area contributed by atoms with Crippen molar-refractivity contribution in [3.05, 3.63) is 46.0 Å². The van der Waals surface area contributed by atoms with Gasteiger partial charge in [0.05, 0.1) is 12.6 Å². The minimum Gasteiger partial charge on any atom is -0.359 e. The van der Waals surface area contributed by atoms with Gasteiger partial charge in [-0.05, 0) is 18.4 Å². The third kappa shape index (κ3) is 3.52. The molecule has 1 heterocycles. The fourth-order valence-corrected chi connectivity index (χ4v) is 2.53. The monoisotopic (exact) mass is 264 g/mol. The smallest absolute Gasteiger partial charge is 0.204 e. The third-order valence-electron chi connectivity index (χ3n) is 3.66. The SMILES string of the molecule is CCC1(CCC[N+](=O)[O-])NC(c2ccccc2)CO1. The van der Waals surface area contributed by atoms with Crippen molar-refractivity contribution in [3.8, 4) is 0 Å². The van der Waals surface area contributed by atoms with Gasteiger partial charge in [-0.2, -0.15) is 0 Å². The van der Waals surface area contributed by atoms with Gasteiger partial charge in [0.1, 0.15) is 5.72 Å². The summed E-state index contributed by atoms with van der Waals surface area (Å²) in [5.74, 6) is 0. The predicted octanol–water partition coefficient (Wildman–Crippen LogP) is 2.51. The van der Waals surface area contributed by atoms with Crippen LogP contribution in [-0.2, 0) is 4.74 Å². The maximum atomic E-state index is 10.4. The highest BCUT2D eigenvalue weighted by Crippen LogP contribution is 2.31. The van der Waals surface area contributed by atoms with Gasteiger partial charge in [-0.25, -0.2) is 0 Å². The summed E-state index contributed by atoms with van der Waals surface area (Å²) in [6.45, 7) is 2.67. The van der Waals surface area contributed by atoms with Gasteiger partial charge >= 0.3 is 0 Å². The summed E-state index contributed by atoms with van der Waals surface area (Å²) >= 11 is 0. The summed E-state index contributed by atoms with van der Waals surface area (Å²) in [6, 6.07) is 10.3. The van der Waals surface area contributed by atoms with Crippen LogP contribution in [0.5, 0.6) is 0 Å². The van der Waals surface area contributed by atoms with E-state index in [0.29, 0.717) is 19.4 Å². The molecule has 0 aliphatic carbocycles. The maximum absolute atomic E-state index is 10.4. The average Bonchev–Trinajstić information content (AvgIpc) is 2.84. The van der Waals surface area contributed by atoms with Crippen molar-refractivity contribution in [2.24, 2.45) is 0 Å². The molecule has 0 spiro atoms. The van der Waals surface area contributed by atoms with Crippen molar-refractivity contribution in [1.29, 1.82) is 0 Å². The Hall–Kier alpha value is -1.46. The van der Waals surface area contributed by atoms with Gasteiger partial charge in [0.2, 0.25) is 6.54 Å². The molecular formula is C14H20N2O3. The van der Waals surface area contributed by atoms with E-state index < -0.39 is 5.72 Å². The molecule has 1 aromatic rings. The van der Waals surface area contributed by atoms with Gasteiger partial charge in [0, 0.05) is 11.3 Å². The highest BCUT2D eigenvalue weighted by Gasteiger charge is 2.38. The molecular weight excluding hydrogens is 244 g/mol. The lowest BCUT2D eigenvalue weighted by Gasteiger charge is -2.27. The summed E-state index contributed by atoms with van der Waals surface area (Å²) in [5.41, 5.74) is 0.795. The van der Waals surface area contributed by atoms with Gasteiger partial charge in [-0.1, -0.05) is 37.3 Å². The molecule has 0 bridgehead atoms. The van der Waals surface area contributed by atoms with Crippen LogP contribution in [0, 0.1) is 10.1 Å². The van der Waals surface area contributed by atoms with Gasteiger partial charge in [-0.15, -0.1) is 0 Å². The van der Waals surface area contributed by atoms with E-state index in [1.54, 1.807) is 0 Å². The normalized spacial score (nSPS) is 26.5. The summed E-state index contributed by atoms with van der Waals surface area (Å²) in [7, 11) is 0. The number of nitrogens with zero attached hydrogens (tertiary/aromatic N) is 1. The van der Waals surface area contributed by atoms with Crippen molar-refractivity contribution in [2.45, 2.75) is 38.0 Å². The molecule has 1 N–H and O–H groups in total. The molecule has 1 aliphatic heterocycles. The summed E-state index contributed by atoms with van der Waals surface area (Å²) in [4.78, 5) is 10.1. The Morgan fingerprint density at radius 3 is 2.84 bits per heavy atom. The lowest BCUT2D eigenvalue weighted by Crippen LogP contribution is -2.41. The standard InChI is InChI=1S/C14H20N2O3/c1-2-14(9-6-10-16(17)18)15-13(11-19-14)12-7-4-3-5-8-12/h3-5,7-8,13,15H,2,6,9-11H2,1H3. The number of rotatable bonds is 6. The molecule has 2 atom stereocenters. The van der Waals surface area contributed by atoms with Crippen LogP contribution in [-0.4, -0.2) is 23.8 Å². The molecule has 19 heavy (non-hydrogen) atoms. The van der Waals surface area contributed by atoms with Crippen molar-refractivity contribution in [2.75, 3.05) is 13.2 Å². The van der Waals surface area contributed by atoms with E-state index >= 15 is 0 Å².